The molecular formula is C16H18N2OS. The highest BCUT2D eigenvalue weighted by molar-refractivity contribution is 7.80. The summed E-state index contributed by atoms with van der Waals surface area (Å²) in [6.07, 6.45) is 0.875. The molecule has 0 aliphatic heterocycles. The largest absolute Gasteiger partial charge is 0.323 e. The van der Waals surface area contributed by atoms with Crippen LogP contribution in [0.1, 0.15) is 18.1 Å². The number of hydrogen-bond donors (Lipinski definition) is 3. The Morgan fingerprint density at radius 3 is 2.55 bits per heavy atom. The molecule has 0 spiro atoms. The molecule has 2 rings (SSSR count). The summed E-state index contributed by atoms with van der Waals surface area (Å²) in [6, 6.07) is 13.2. The summed E-state index contributed by atoms with van der Waals surface area (Å²) >= 11 is 4.32. The third-order valence-electron chi connectivity index (χ3n) is 3.13. The highest BCUT2D eigenvalue weighted by Crippen LogP contribution is 2.22. The molecule has 0 atom stereocenters. The van der Waals surface area contributed by atoms with Crippen LogP contribution in [0, 0.1) is 6.92 Å². The quantitative estimate of drug-likeness (QED) is 0.715. The smallest absolute Gasteiger partial charge is 0.307 e. The molecule has 3 nitrogen and oxygen atoms in total. The standard InChI is InChI=1S/C16H18N2OS/c1-3-12-8-6-7-11(2)15(12)18-16(19)17-13-9-4-5-10-14(13)20/h4-10,20H,3H2,1-2H3,(H2,17,18,19). The van der Waals surface area contributed by atoms with E-state index in [-0.39, 0.29) is 6.03 Å². The predicted molar refractivity (Wildman–Crippen MR) is 86.9 cm³/mol. The molecule has 0 bridgehead atoms. The van der Waals surface area contributed by atoms with Gasteiger partial charge >= 0.3 is 6.03 Å². The van der Waals surface area contributed by atoms with Crippen molar-refractivity contribution >= 4 is 30.0 Å². The third kappa shape index (κ3) is 3.33. The maximum Gasteiger partial charge on any atom is 0.323 e. The normalized spacial score (nSPS) is 10.2. The van der Waals surface area contributed by atoms with Gasteiger partial charge in [0.2, 0.25) is 0 Å². The second-order valence-corrected chi connectivity index (χ2v) is 5.04. The van der Waals surface area contributed by atoms with Gasteiger partial charge in [-0.1, -0.05) is 37.3 Å². The van der Waals surface area contributed by atoms with Crippen molar-refractivity contribution in [2.75, 3.05) is 10.6 Å². The lowest BCUT2D eigenvalue weighted by molar-refractivity contribution is 0.262. The number of urea groups is 1. The molecule has 2 aromatic rings. The lowest BCUT2D eigenvalue weighted by atomic mass is 10.1. The highest BCUT2D eigenvalue weighted by atomic mass is 32.1. The SMILES string of the molecule is CCc1cccc(C)c1NC(=O)Nc1ccccc1S. The number of hydrogen-bond acceptors (Lipinski definition) is 2. The van der Waals surface area contributed by atoms with Crippen LogP contribution in [0.5, 0.6) is 0 Å². The summed E-state index contributed by atoms with van der Waals surface area (Å²) in [6.45, 7) is 4.06. The monoisotopic (exact) mass is 286 g/mol. The Kier molecular flexibility index (Phi) is 4.69. The van der Waals surface area contributed by atoms with Crippen molar-refractivity contribution in [2.45, 2.75) is 25.2 Å². The topological polar surface area (TPSA) is 41.1 Å². The van der Waals surface area contributed by atoms with Crippen LogP contribution in [-0.2, 0) is 6.42 Å². The summed E-state index contributed by atoms with van der Waals surface area (Å²) in [4.78, 5) is 12.8. The fourth-order valence-corrected chi connectivity index (χ4v) is 2.26. The lowest BCUT2D eigenvalue weighted by Crippen LogP contribution is -2.21. The van der Waals surface area contributed by atoms with E-state index in [0.717, 1.165) is 28.1 Å². The second kappa shape index (κ2) is 6.48. The molecule has 0 aliphatic carbocycles. The van der Waals surface area contributed by atoms with E-state index < -0.39 is 0 Å². The van der Waals surface area contributed by atoms with Crippen molar-refractivity contribution in [1.29, 1.82) is 0 Å². The van der Waals surface area contributed by atoms with E-state index in [1.807, 2.05) is 49.4 Å². The molecule has 0 aromatic heterocycles. The van der Waals surface area contributed by atoms with Gasteiger partial charge < -0.3 is 10.6 Å². The maximum atomic E-state index is 12.1. The Labute approximate surface area is 124 Å². The average Bonchev–Trinajstić information content (AvgIpc) is 2.43. The van der Waals surface area contributed by atoms with Gasteiger partial charge in [-0.15, -0.1) is 12.6 Å². The van der Waals surface area contributed by atoms with Crippen molar-refractivity contribution < 1.29 is 4.79 Å². The summed E-state index contributed by atoms with van der Waals surface area (Å²) in [7, 11) is 0. The zero-order chi connectivity index (χ0) is 14.5. The van der Waals surface area contributed by atoms with Gasteiger partial charge in [0.1, 0.15) is 0 Å². The molecule has 0 aliphatic rings. The van der Waals surface area contributed by atoms with E-state index in [4.69, 9.17) is 0 Å². The van der Waals surface area contributed by atoms with E-state index >= 15 is 0 Å². The van der Waals surface area contributed by atoms with Crippen LogP contribution in [0.25, 0.3) is 0 Å². The van der Waals surface area contributed by atoms with Gasteiger partial charge in [0.05, 0.1) is 5.69 Å². The summed E-state index contributed by atoms with van der Waals surface area (Å²) in [5, 5.41) is 5.73. The summed E-state index contributed by atoms with van der Waals surface area (Å²) in [5.74, 6) is 0. The molecule has 4 heteroatoms. The average molecular weight is 286 g/mol. The minimum Gasteiger partial charge on any atom is -0.307 e. The molecule has 0 saturated heterocycles. The Balaban J connectivity index is 2.15. The van der Waals surface area contributed by atoms with Crippen molar-refractivity contribution in [1.82, 2.24) is 0 Å². The minimum absolute atomic E-state index is 0.254. The van der Waals surface area contributed by atoms with E-state index in [0.29, 0.717) is 5.69 Å². The van der Waals surface area contributed by atoms with Crippen LogP contribution in [-0.4, -0.2) is 6.03 Å². The van der Waals surface area contributed by atoms with Crippen molar-refractivity contribution in [2.24, 2.45) is 0 Å². The van der Waals surface area contributed by atoms with E-state index in [2.05, 4.69) is 30.2 Å². The van der Waals surface area contributed by atoms with E-state index in [1.54, 1.807) is 0 Å². The van der Waals surface area contributed by atoms with Gasteiger partial charge in [0, 0.05) is 10.6 Å². The highest BCUT2D eigenvalue weighted by Gasteiger charge is 2.09. The van der Waals surface area contributed by atoms with Gasteiger partial charge in [-0.3, -0.25) is 0 Å². The summed E-state index contributed by atoms with van der Waals surface area (Å²) < 4.78 is 0. The molecule has 2 amide bonds. The number of thiol groups is 1. The molecule has 0 radical (unpaired) electrons. The Morgan fingerprint density at radius 2 is 1.85 bits per heavy atom. The number of para-hydroxylation sites is 2. The van der Waals surface area contributed by atoms with E-state index in [1.165, 1.54) is 0 Å². The zero-order valence-corrected chi connectivity index (χ0v) is 12.5. The van der Waals surface area contributed by atoms with Crippen molar-refractivity contribution in [3.05, 3.63) is 53.6 Å². The first-order valence-electron chi connectivity index (χ1n) is 6.56. The first-order chi connectivity index (χ1) is 9.61. The number of carbonyl (C=O) groups excluding carboxylic acids is 1. The fraction of sp³-hybridized carbons (Fsp3) is 0.188. The molecule has 0 unspecified atom stereocenters. The lowest BCUT2D eigenvalue weighted by Gasteiger charge is -2.14. The first kappa shape index (κ1) is 14.5. The van der Waals surface area contributed by atoms with Gasteiger partial charge in [0.25, 0.3) is 0 Å². The Hall–Kier alpha value is -1.94. The third-order valence-corrected chi connectivity index (χ3v) is 3.52. The second-order valence-electron chi connectivity index (χ2n) is 4.56. The molecule has 0 saturated carbocycles. The molecule has 2 N–H and O–H groups in total. The van der Waals surface area contributed by atoms with Crippen LogP contribution in [0.2, 0.25) is 0 Å². The van der Waals surface area contributed by atoms with Gasteiger partial charge in [-0.25, -0.2) is 4.79 Å². The van der Waals surface area contributed by atoms with Gasteiger partial charge in [-0.2, -0.15) is 0 Å². The van der Waals surface area contributed by atoms with Crippen LogP contribution < -0.4 is 10.6 Å². The molecule has 0 fully saturated rings. The first-order valence-corrected chi connectivity index (χ1v) is 7.01. The minimum atomic E-state index is -0.254. The number of anilines is 2. The summed E-state index contributed by atoms with van der Waals surface area (Å²) in [5.41, 5.74) is 3.75. The molecule has 20 heavy (non-hydrogen) atoms. The van der Waals surface area contributed by atoms with Crippen LogP contribution in [0.15, 0.2) is 47.4 Å². The van der Waals surface area contributed by atoms with Crippen molar-refractivity contribution in [3.63, 3.8) is 0 Å². The van der Waals surface area contributed by atoms with Crippen molar-refractivity contribution in [3.8, 4) is 0 Å². The fourth-order valence-electron chi connectivity index (χ4n) is 2.05. The number of aryl methyl sites for hydroxylation is 2. The molecule has 2 aromatic carbocycles. The number of rotatable bonds is 3. The number of carbonyl (C=O) groups is 1. The number of benzene rings is 2. The molecular weight excluding hydrogens is 268 g/mol. The molecule has 0 heterocycles. The Morgan fingerprint density at radius 1 is 1.10 bits per heavy atom. The predicted octanol–water partition coefficient (Wildman–Crippen LogP) is 4.49. The number of nitrogens with one attached hydrogen (secondary N) is 2. The zero-order valence-electron chi connectivity index (χ0n) is 11.6. The van der Waals surface area contributed by atoms with E-state index in [9.17, 15) is 4.79 Å². The maximum absolute atomic E-state index is 12.1. The molecule has 104 valence electrons. The van der Waals surface area contributed by atoms with Gasteiger partial charge in [0.15, 0.2) is 0 Å². The number of amides is 2. The van der Waals surface area contributed by atoms with Crippen LogP contribution in [0.3, 0.4) is 0 Å². The van der Waals surface area contributed by atoms with Gasteiger partial charge in [-0.05, 0) is 36.6 Å². The Bertz CT molecular complexity index is 626. The van der Waals surface area contributed by atoms with Crippen LogP contribution >= 0.6 is 12.6 Å². The van der Waals surface area contributed by atoms with Crippen LogP contribution in [0.4, 0.5) is 16.2 Å².